The number of alkyl halides is 3. The van der Waals surface area contributed by atoms with Crippen molar-refractivity contribution in [2.45, 2.75) is 17.5 Å². The average Bonchev–Trinajstić information content (AvgIpc) is 3.14. The Morgan fingerprint density at radius 1 is 1.14 bits per heavy atom. The van der Waals surface area contributed by atoms with Crippen LogP contribution in [0.4, 0.5) is 13.2 Å². The summed E-state index contributed by atoms with van der Waals surface area (Å²) in [6.45, 7) is 0.751. The van der Waals surface area contributed by atoms with Gasteiger partial charge in [-0.25, -0.2) is 18.1 Å². The van der Waals surface area contributed by atoms with E-state index in [4.69, 9.17) is 0 Å². The maximum Gasteiger partial charge on any atom is 0.434 e. The van der Waals surface area contributed by atoms with E-state index in [1.807, 2.05) is 0 Å². The molecule has 0 unspecified atom stereocenters. The first-order chi connectivity index (χ1) is 13.2. The van der Waals surface area contributed by atoms with E-state index in [-0.39, 0.29) is 42.0 Å². The molecule has 0 saturated heterocycles. The zero-order chi connectivity index (χ0) is 20.6. The Morgan fingerprint density at radius 2 is 1.79 bits per heavy atom. The van der Waals surface area contributed by atoms with Crippen LogP contribution >= 0.6 is 35.3 Å². The number of hydrogen-bond donors (Lipinski definition) is 3. The highest BCUT2D eigenvalue weighted by Gasteiger charge is 2.33. The van der Waals surface area contributed by atoms with Crippen molar-refractivity contribution in [3.05, 3.63) is 46.4 Å². The fraction of sp³-hybridized carbons (Fsp3) is 0.375. The minimum atomic E-state index is -4.44. The first kappa shape index (κ1) is 25.6. The van der Waals surface area contributed by atoms with Gasteiger partial charge in [-0.15, -0.1) is 35.3 Å². The third kappa shape index (κ3) is 8.44. The van der Waals surface area contributed by atoms with E-state index >= 15 is 0 Å². The van der Waals surface area contributed by atoms with Gasteiger partial charge in [0.25, 0.3) is 0 Å². The van der Waals surface area contributed by atoms with E-state index in [2.05, 4.69) is 25.3 Å². The number of benzene rings is 1. The Labute approximate surface area is 188 Å². The van der Waals surface area contributed by atoms with E-state index in [1.165, 1.54) is 19.2 Å². The van der Waals surface area contributed by atoms with Crippen LogP contribution in [0.25, 0.3) is 0 Å². The topological polar surface area (TPSA) is 95.5 Å². The second kappa shape index (κ2) is 11.7. The number of aromatic nitrogens is 1. The molecule has 0 aliphatic carbocycles. The van der Waals surface area contributed by atoms with Gasteiger partial charge in [0.2, 0.25) is 10.0 Å². The van der Waals surface area contributed by atoms with E-state index in [1.54, 1.807) is 18.2 Å². The van der Waals surface area contributed by atoms with E-state index in [9.17, 15) is 21.6 Å². The van der Waals surface area contributed by atoms with Gasteiger partial charge in [0.15, 0.2) is 11.7 Å². The number of aliphatic imine (C=N–C) groups is 1. The third-order valence-corrected chi connectivity index (χ3v) is 5.85. The Morgan fingerprint density at radius 3 is 2.38 bits per heavy atom. The third-order valence-electron chi connectivity index (χ3n) is 3.46. The predicted molar refractivity (Wildman–Crippen MR) is 117 cm³/mol. The molecule has 0 aliphatic heterocycles. The number of nitrogens with one attached hydrogen (secondary N) is 3. The van der Waals surface area contributed by atoms with Crippen LogP contribution in [-0.2, 0) is 22.6 Å². The molecule has 0 atom stereocenters. The molecule has 0 saturated carbocycles. The van der Waals surface area contributed by atoms with Gasteiger partial charge in [0.1, 0.15) is 0 Å². The molecule has 13 heteroatoms. The zero-order valence-corrected chi connectivity index (χ0v) is 19.3. The fourth-order valence-electron chi connectivity index (χ4n) is 2.11. The number of sulfonamides is 1. The molecule has 0 aliphatic rings. The van der Waals surface area contributed by atoms with Gasteiger partial charge in [0.05, 0.1) is 9.90 Å². The number of hydrogen-bond acceptors (Lipinski definition) is 5. The van der Waals surface area contributed by atoms with Gasteiger partial charge in [-0.1, -0.05) is 18.2 Å². The first-order valence-corrected chi connectivity index (χ1v) is 10.6. The van der Waals surface area contributed by atoms with Crippen molar-refractivity contribution in [1.82, 2.24) is 20.3 Å². The summed E-state index contributed by atoms with van der Waals surface area (Å²) in [5.41, 5.74) is -0.888. The number of guanidine groups is 1. The van der Waals surface area contributed by atoms with Crippen molar-refractivity contribution in [3.63, 3.8) is 0 Å². The Bertz CT molecular complexity index is 889. The molecule has 0 spiro atoms. The van der Waals surface area contributed by atoms with E-state index in [0.717, 1.165) is 16.7 Å². The maximum atomic E-state index is 12.5. The second-order valence-electron chi connectivity index (χ2n) is 5.51. The summed E-state index contributed by atoms with van der Waals surface area (Å²) in [4.78, 5) is 7.71. The van der Waals surface area contributed by atoms with Crippen LogP contribution in [0.2, 0.25) is 0 Å². The summed E-state index contributed by atoms with van der Waals surface area (Å²) >= 11 is 0.950. The molecule has 2 rings (SSSR count). The van der Waals surface area contributed by atoms with Crippen molar-refractivity contribution < 1.29 is 21.6 Å². The summed E-state index contributed by atoms with van der Waals surface area (Å²) in [5.74, 6) is 0.409. The lowest BCUT2D eigenvalue weighted by Crippen LogP contribution is -2.42. The summed E-state index contributed by atoms with van der Waals surface area (Å²) in [6, 6.07) is 8.00. The maximum absolute atomic E-state index is 12.5. The highest BCUT2D eigenvalue weighted by molar-refractivity contribution is 14.0. The van der Waals surface area contributed by atoms with E-state index in [0.29, 0.717) is 23.9 Å². The van der Waals surface area contributed by atoms with Crippen molar-refractivity contribution >= 4 is 51.3 Å². The van der Waals surface area contributed by atoms with Crippen LogP contribution in [0, 0.1) is 0 Å². The van der Waals surface area contributed by atoms with Crippen molar-refractivity contribution in [2.75, 3.05) is 26.7 Å². The van der Waals surface area contributed by atoms with Crippen LogP contribution in [-0.4, -0.2) is 46.0 Å². The molecule has 162 valence electrons. The van der Waals surface area contributed by atoms with Crippen LogP contribution < -0.4 is 15.4 Å². The van der Waals surface area contributed by atoms with Gasteiger partial charge in [-0.05, 0) is 12.1 Å². The molecular weight excluding hydrogens is 542 g/mol. The Hall–Kier alpha value is -1.45. The molecule has 0 fully saturated rings. The predicted octanol–water partition coefficient (Wildman–Crippen LogP) is 2.47. The molecule has 1 aromatic heterocycles. The number of thiazole rings is 1. The lowest BCUT2D eigenvalue weighted by atomic mass is 10.4. The van der Waals surface area contributed by atoms with Crippen molar-refractivity contribution in [3.8, 4) is 0 Å². The summed E-state index contributed by atoms with van der Waals surface area (Å²) < 4.78 is 64.2. The largest absolute Gasteiger partial charge is 0.434 e. The molecular formula is C16H21F3IN5O2S2. The monoisotopic (exact) mass is 563 g/mol. The zero-order valence-electron chi connectivity index (χ0n) is 15.4. The average molecular weight is 563 g/mol. The minimum Gasteiger partial charge on any atom is -0.356 e. The van der Waals surface area contributed by atoms with Crippen LogP contribution in [0.1, 0.15) is 10.7 Å². The summed E-state index contributed by atoms with van der Waals surface area (Å²) in [5, 5.41) is 7.22. The first-order valence-electron chi connectivity index (χ1n) is 8.23. The lowest BCUT2D eigenvalue weighted by molar-refractivity contribution is -0.140. The van der Waals surface area contributed by atoms with Crippen molar-refractivity contribution in [2.24, 2.45) is 4.99 Å². The molecule has 0 amide bonds. The molecule has 3 N–H and O–H groups in total. The van der Waals surface area contributed by atoms with Crippen LogP contribution in [0.15, 0.2) is 45.6 Å². The molecule has 29 heavy (non-hydrogen) atoms. The minimum absolute atomic E-state index is 0. The van der Waals surface area contributed by atoms with Crippen molar-refractivity contribution in [1.29, 1.82) is 0 Å². The molecule has 7 nitrogen and oxygen atoms in total. The van der Waals surface area contributed by atoms with E-state index < -0.39 is 21.9 Å². The van der Waals surface area contributed by atoms with Gasteiger partial charge in [-0.3, -0.25) is 4.99 Å². The number of rotatable bonds is 8. The van der Waals surface area contributed by atoms with Crippen LogP contribution in [0.5, 0.6) is 0 Å². The molecule has 1 heterocycles. The smallest absolute Gasteiger partial charge is 0.356 e. The standard InChI is InChI=1S/C16H20F3N5O2S2.HI/c1-20-15(21-8-7-14-24-13(11-27-14)16(17,18)19)22-9-10-23-28(25,26)12-5-3-2-4-6-12;/h2-6,11,23H,7-10H2,1H3,(H2,20,21,22);1H. The molecule has 0 radical (unpaired) electrons. The Balaban J connectivity index is 0.00000420. The quantitative estimate of drug-likeness (QED) is 0.199. The summed E-state index contributed by atoms with van der Waals surface area (Å²) in [6.07, 6.45) is -4.13. The number of halogens is 4. The fourth-order valence-corrected chi connectivity index (χ4v) is 3.97. The van der Waals surface area contributed by atoms with Gasteiger partial charge < -0.3 is 10.6 Å². The number of nitrogens with zero attached hydrogens (tertiary/aromatic N) is 2. The molecule has 1 aromatic carbocycles. The molecule has 2 aromatic rings. The second-order valence-corrected chi connectivity index (χ2v) is 8.22. The normalized spacial score (nSPS) is 12.3. The van der Waals surface area contributed by atoms with Gasteiger partial charge in [0, 0.05) is 38.5 Å². The van der Waals surface area contributed by atoms with Crippen LogP contribution in [0.3, 0.4) is 0 Å². The Kier molecular flexibility index (Phi) is 10.3. The highest BCUT2D eigenvalue weighted by Crippen LogP contribution is 2.29. The molecule has 0 bridgehead atoms. The SMILES string of the molecule is CN=C(NCCNS(=O)(=O)c1ccccc1)NCCc1nc(C(F)(F)F)cs1.I. The van der Waals surface area contributed by atoms with Gasteiger partial charge >= 0.3 is 6.18 Å². The lowest BCUT2D eigenvalue weighted by Gasteiger charge is -2.12. The summed E-state index contributed by atoms with van der Waals surface area (Å²) in [7, 11) is -2.04. The highest BCUT2D eigenvalue weighted by atomic mass is 127. The van der Waals surface area contributed by atoms with Gasteiger partial charge in [-0.2, -0.15) is 13.2 Å².